The maximum absolute atomic E-state index is 10.8. The molecule has 2 aromatic rings. The standard InChI is InChI=1S/C16H19N3O/c1-11-5-3-4-6-14(11)12(2)9-13-7-8-18-15(10-13)19-16(17)20/h3-8,10,12H,9H2,1-2H3,(H3,17,18,19,20). The summed E-state index contributed by atoms with van der Waals surface area (Å²) in [5, 5.41) is 2.50. The number of nitrogens with two attached hydrogens (primary N) is 1. The van der Waals surface area contributed by atoms with Crippen molar-refractivity contribution in [2.75, 3.05) is 5.32 Å². The lowest BCUT2D eigenvalue weighted by Crippen LogP contribution is -2.20. The molecular weight excluding hydrogens is 250 g/mol. The Hall–Kier alpha value is -2.36. The summed E-state index contributed by atoms with van der Waals surface area (Å²) in [5.41, 5.74) is 8.86. The Kier molecular flexibility index (Phi) is 4.35. The number of hydrogen-bond donors (Lipinski definition) is 2. The van der Waals surface area contributed by atoms with Gasteiger partial charge < -0.3 is 5.73 Å². The Morgan fingerprint density at radius 1 is 1.35 bits per heavy atom. The molecule has 0 aliphatic rings. The zero-order valence-corrected chi connectivity index (χ0v) is 11.8. The fourth-order valence-electron chi connectivity index (χ4n) is 2.40. The summed E-state index contributed by atoms with van der Waals surface area (Å²) in [5.74, 6) is 0.895. The molecular formula is C16H19N3O. The van der Waals surface area contributed by atoms with Crippen LogP contribution in [0.4, 0.5) is 10.6 Å². The van der Waals surface area contributed by atoms with E-state index in [1.165, 1.54) is 11.1 Å². The molecule has 1 aromatic carbocycles. The SMILES string of the molecule is Cc1ccccc1C(C)Cc1ccnc(NC(N)=O)c1. The molecule has 0 bridgehead atoms. The Morgan fingerprint density at radius 3 is 2.80 bits per heavy atom. The van der Waals surface area contributed by atoms with Crippen LogP contribution in [0.5, 0.6) is 0 Å². The predicted octanol–water partition coefficient (Wildman–Crippen LogP) is 3.23. The molecule has 2 amide bonds. The number of hydrogen-bond acceptors (Lipinski definition) is 2. The Labute approximate surface area is 119 Å². The Bertz CT molecular complexity index is 610. The highest BCUT2D eigenvalue weighted by atomic mass is 16.2. The highest BCUT2D eigenvalue weighted by molar-refractivity contribution is 5.86. The van der Waals surface area contributed by atoms with Crippen molar-refractivity contribution < 1.29 is 4.79 Å². The summed E-state index contributed by atoms with van der Waals surface area (Å²) >= 11 is 0. The molecule has 3 N–H and O–H groups in total. The summed E-state index contributed by atoms with van der Waals surface area (Å²) < 4.78 is 0. The number of aromatic nitrogens is 1. The van der Waals surface area contributed by atoms with E-state index < -0.39 is 6.03 Å². The summed E-state index contributed by atoms with van der Waals surface area (Å²) in [7, 11) is 0. The third-order valence-electron chi connectivity index (χ3n) is 3.34. The number of anilines is 1. The Balaban J connectivity index is 2.13. The minimum atomic E-state index is -0.596. The maximum atomic E-state index is 10.8. The van der Waals surface area contributed by atoms with E-state index in [4.69, 9.17) is 5.73 Å². The van der Waals surface area contributed by atoms with Crippen molar-refractivity contribution in [3.05, 3.63) is 59.3 Å². The van der Waals surface area contributed by atoms with Crippen LogP contribution in [-0.4, -0.2) is 11.0 Å². The van der Waals surface area contributed by atoms with E-state index in [1.807, 2.05) is 18.2 Å². The number of nitrogens with zero attached hydrogens (tertiary/aromatic N) is 1. The number of primary amides is 1. The molecule has 0 aliphatic heterocycles. The van der Waals surface area contributed by atoms with Crippen LogP contribution in [0.3, 0.4) is 0 Å². The lowest BCUT2D eigenvalue weighted by Gasteiger charge is -2.15. The largest absolute Gasteiger partial charge is 0.351 e. The van der Waals surface area contributed by atoms with Crippen LogP contribution in [0, 0.1) is 6.92 Å². The van der Waals surface area contributed by atoms with Gasteiger partial charge in [0, 0.05) is 6.20 Å². The van der Waals surface area contributed by atoms with Gasteiger partial charge in [-0.15, -0.1) is 0 Å². The van der Waals surface area contributed by atoms with Crippen LogP contribution in [-0.2, 0) is 6.42 Å². The van der Waals surface area contributed by atoms with Crippen molar-refractivity contribution in [1.29, 1.82) is 0 Å². The second kappa shape index (κ2) is 6.19. The molecule has 0 spiro atoms. The summed E-state index contributed by atoms with van der Waals surface area (Å²) in [4.78, 5) is 14.9. The van der Waals surface area contributed by atoms with Gasteiger partial charge in [-0.05, 0) is 48.1 Å². The lowest BCUT2D eigenvalue weighted by atomic mass is 9.91. The van der Waals surface area contributed by atoms with Gasteiger partial charge in [0.25, 0.3) is 0 Å². The van der Waals surface area contributed by atoms with E-state index in [9.17, 15) is 4.79 Å². The second-order valence-electron chi connectivity index (χ2n) is 5.00. The predicted molar refractivity (Wildman–Crippen MR) is 80.7 cm³/mol. The fourth-order valence-corrected chi connectivity index (χ4v) is 2.40. The van der Waals surface area contributed by atoms with Crippen molar-refractivity contribution in [3.8, 4) is 0 Å². The van der Waals surface area contributed by atoms with E-state index in [0.717, 1.165) is 12.0 Å². The number of carbonyl (C=O) groups excluding carboxylic acids is 1. The van der Waals surface area contributed by atoms with Gasteiger partial charge in [0.15, 0.2) is 0 Å². The maximum Gasteiger partial charge on any atom is 0.317 e. The van der Waals surface area contributed by atoms with Gasteiger partial charge in [-0.25, -0.2) is 9.78 Å². The monoisotopic (exact) mass is 269 g/mol. The number of carbonyl (C=O) groups is 1. The van der Waals surface area contributed by atoms with E-state index in [1.54, 1.807) is 6.20 Å². The quantitative estimate of drug-likeness (QED) is 0.894. The number of aryl methyl sites for hydroxylation is 1. The molecule has 1 heterocycles. The van der Waals surface area contributed by atoms with Gasteiger partial charge in [0.1, 0.15) is 5.82 Å². The Morgan fingerprint density at radius 2 is 2.10 bits per heavy atom. The van der Waals surface area contributed by atoms with Crippen LogP contribution in [0.25, 0.3) is 0 Å². The molecule has 4 heteroatoms. The molecule has 0 radical (unpaired) electrons. The topological polar surface area (TPSA) is 68.0 Å². The average molecular weight is 269 g/mol. The van der Waals surface area contributed by atoms with E-state index in [0.29, 0.717) is 11.7 Å². The first-order valence-corrected chi connectivity index (χ1v) is 6.63. The molecule has 1 aromatic heterocycles. The van der Waals surface area contributed by atoms with Crippen molar-refractivity contribution in [2.45, 2.75) is 26.2 Å². The smallest absolute Gasteiger partial charge is 0.317 e. The lowest BCUT2D eigenvalue weighted by molar-refractivity contribution is 0.259. The summed E-state index contributed by atoms with van der Waals surface area (Å²) in [6.45, 7) is 4.32. The third-order valence-corrected chi connectivity index (χ3v) is 3.34. The summed E-state index contributed by atoms with van der Waals surface area (Å²) in [6.07, 6.45) is 2.58. The van der Waals surface area contributed by atoms with E-state index in [-0.39, 0.29) is 0 Å². The first-order valence-electron chi connectivity index (χ1n) is 6.63. The number of nitrogens with one attached hydrogen (secondary N) is 1. The van der Waals surface area contributed by atoms with Gasteiger partial charge in [0.2, 0.25) is 0 Å². The highest BCUT2D eigenvalue weighted by Crippen LogP contribution is 2.23. The first-order chi connectivity index (χ1) is 9.56. The van der Waals surface area contributed by atoms with Gasteiger partial charge >= 0.3 is 6.03 Å². The van der Waals surface area contributed by atoms with Crippen molar-refractivity contribution in [1.82, 2.24) is 4.98 Å². The molecule has 0 aliphatic carbocycles. The van der Waals surface area contributed by atoms with Gasteiger partial charge in [-0.3, -0.25) is 5.32 Å². The van der Waals surface area contributed by atoms with Crippen molar-refractivity contribution >= 4 is 11.8 Å². The zero-order valence-electron chi connectivity index (χ0n) is 11.8. The molecule has 1 unspecified atom stereocenters. The number of pyridine rings is 1. The van der Waals surface area contributed by atoms with Crippen LogP contribution < -0.4 is 11.1 Å². The van der Waals surface area contributed by atoms with E-state index >= 15 is 0 Å². The van der Waals surface area contributed by atoms with Crippen LogP contribution in [0.15, 0.2) is 42.6 Å². The fraction of sp³-hybridized carbons (Fsp3) is 0.250. The number of rotatable bonds is 4. The second-order valence-corrected chi connectivity index (χ2v) is 5.00. The van der Waals surface area contributed by atoms with E-state index in [2.05, 4.69) is 42.3 Å². The highest BCUT2D eigenvalue weighted by Gasteiger charge is 2.09. The summed E-state index contributed by atoms with van der Waals surface area (Å²) in [6, 6.07) is 11.6. The molecule has 0 saturated heterocycles. The van der Waals surface area contributed by atoms with Gasteiger partial charge in [-0.1, -0.05) is 31.2 Å². The molecule has 4 nitrogen and oxygen atoms in total. The normalized spacial score (nSPS) is 11.9. The van der Waals surface area contributed by atoms with Crippen molar-refractivity contribution in [2.24, 2.45) is 5.73 Å². The number of benzene rings is 1. The minimum absolute atomic E-state index is 0.403. The van der Waals surface area contributed by atoms with Crippen LogP contribution in [0.2, 0.25) is 0 Å². The molecule has 20 heavy (non-hydrogen) atoms. The molecule has 104 valence electrons. The first kappa shape index (κ1) is 14.1. The van der Waals surface area contributed by atoms with Crippen LogP contribution in [0.1, 0.15) is 29.5 Å². The number of amides is 2. The molecule has 1 atom stereocenters. The average Bonchev–Trinajstić information content (AvgIpc) is 2.38. The van der Waals surface area contributed by atoms with Crippen LogP contribution >= 0.6 is 0 Å². The zero-order chi connectivity index (χ0) is 14.5. The molecule has 0 saturated carbocycles. The van der Waals surface area contributed by atoms with Crippen molar-refractivity contribution in [3.63, 3.8) is 0 Å². The minimum Gasteiger partial charge on any atom is -0.351 e. The third kappa shape index (κ3) is 3.57. The van der Waals surface area contributed by atoms with Gasteiger partial charge in [-0.2, -0.15) is 0 Å². The number of urea groups is 1. The molecule has 0 fully saturated rings. The van der Waals surface area contributed by atoms with Gasteiger partial charge in [0.05, 0.1) is 0 Å². The molecule has 2 rings (SSSR count).